The van der Waals surface area contributed by atoms with Gasteiger partial charge in [-0.25, -0.2) is 0 Å². The second-order valence-electron chi connectivity index (χ2n) is 5.43. The topological polar surface area (TPSA) is 58.4 Å². The van der Waals surface area contributed by atoms with Crippen LogP contribution < -0.4 is 11.1 Å². The van der Waals surface area contributed by atoms with Crippen LogP contribution in [0.2, 0.25) is 0 Å². The van der Waals surface area contributed by atoms with E-state index in [4.69, 9.17) is 5.73 Å². The quantitative estimate of drug-likeness (QED) is 0.796. The number of amides is 1. The molecular formula is C16H25N3O. The third-order valence-corrected chi connectivity index (χ3v) is 3.78. The van der Waals surface area contributed by atoms with E-state index in [-0.39, 0.29) is 11.9 Å². The van der Waals surface area contributed by atoms with Crippen LogP contribution in [0.15, 0.2) is 30.3 Å². The molecule has 1 aromatic carbocycles. The van der Waals surface area contributed by atoms with E-state index in [0.29, 0.717) is 13.0 Å². The van der Waals surface area contributed by atoms with Gasteiger partial charge in [0.1, 0.15) is 0 Å². The SMILES string of the molecule is NCCCC(=O)NC(CN1CCCC1)c1ccccc1. The molecule has 1 heterocycles. The van der Waals surface area contributed by atoms with Crippen LogP contribution in [0.1, 0.15) is 37.3 Å². The van der Waals surface area contributed by atoms with Gasteiger partial charge in [0.05, 0.1) is 6.04 Å². The average Bonchev–Trinajstić information content (AvgIpc) is 2.98. The van der Waals surface area contributed by atoms with Gasteiger partial charge in [0.15, 0.2) is 0 Å². The normalized spacial score (nSPS) is 17.1. The second kappa shape index (κ2) is 8.02. The van der Waals surface area contributed by atoms with Gasteiger partial charge in [0, 0.05) is 13.0 Å². The summed E-state index contributed by atoms with van der Waals surface area (Å²) in [5.74, 6) is 0.100. The predicted molar refractivity (Wildman–Crippen MR) is 81.3 cm³/mol. The van der Waals surface area contributed by atoms with Crippen LogP contribution in [0.25, 0.3) is 0 Å². The largest absolute Gasteiger partial charge is 0.348 e. The molecule has 0 aliphatic carbocycles. The monoisotopic (exact) mass is 275 g/mol. The van der Waals surface area contributed by atoms with Crippen LogP contribution in [0.4, 0.5) is 0 Å². The standard InChI is InChI=1S/C16H25N3O/c17-10-6-9-16(20)18-15(13-19-11-4-5-12-19)14-7-2-1-3-8-14/h1-3,7-8,15H,4-6,9-13,17H2,(H,18,20). The van der Waals surface area contributed by atoms with E-state index in [1.165, 1.54) is 18.4 Å². The molecule has 20 heavy (non-hydrogen) atoms. The predicted octanol–water partition coefficient (Wildman–Crippen LogP) is 1.68. The minimum Gasteiger partial charge on any atom is -0.348 e. The summed E-state index contributed by atoms with van der Waals surface area (Å²) in [7, 11) is 0. The Labute approximate surface area is 121 Å². The van der Waals surface area contributed by atoms with Crippen molar-refractivity contribution in [2.75, 3.05) is 26.2 Å². The van der Waals surface area contributed by atoms with Crippen molar-refractivity contribution in [3.63, 3.8) is 0 Å². The van der Waals surface area contributed by atoms with E-state index in [2.05, 4.69) is 22.3 Å². The summed E-state index contributed by atoms with van der Waals surface area (Å²) in [4.78, 5) is 14.4. The minimum atomic E-state index is 0.0829. The Morgan fingerprint density at radius 3 is 2.60 bits per heavy atom. The van der Waals surface area contributed by atoms with Crippen molar-refractivity contribution in [1.82, 2.24) is 10.2 Å². The summed E-state index contributed by atoms with van der Waals surface area (Å²) in [6.45, 7) is 3.75. The molecule has 0 saturated carbocycles. The molecule has 1 fully saturated rings. The molecule has 1 saturated heterocycles. The summed E-state index contributed by atoms with van der Waals surface area (Å²) in [6, 6.07) is 10.3. The van der Waals surface area contributed by atoms with E-state index < -0.39 is 0 Å². The van der Waals surface area contributed by atoms with Gasteiger partial charge in [-0.15, -0.1) is 0 Å². The molecule has 1 aliphatic rings. The molecule has 1 unspecified atom stereocenters. The molecule has 0 spiro atoms. The van der Waals surface area contributed by atoms with Gasteiger partial charge in [-0.05, 0) is 44.5 Å². The minimum absolute atomic E-state index is 0.0829. The Balaban J connectivity index is 1.97. The number of hydrogen-bond acceptors (Lipinski definition) is 3. The first-order valence-corrected chi connectivity index (χ1v) is 7.56. The van der Waals surface area contributed by atoms with Crippen LogP contribution in [-0.4, -0.2) is 37.0 Å². The first-order chi connectivity index (χ1) is 9.79. The number of likely N-dealkylation sites (tertiary alicyclic amines) is 1. The van der Waals surface area contributed by atoms with Gasteiger partial charge >= 0.3 is 0 Å². The molecule has 1 atom stereocenters. The van der Waals surface area contributed by atoms with Crippen molar-refractivity contribution in [1.29, 1.82) is 0 Å². The molecule has 1 aliphatic heterocycles. The van der Waals surface area contributed by atoms with E-state index in [1.807, 2.05) is 18.2 Å². The lowest BCUT2D eigenvalue weighted by Gasteiger charge is -2.25. The molecule has 110 valence electrons. The molecule has 0 aromatic heterocycles. The number of nitrogens with two attached hydrogens (primary N) is 1. The third-order valence-electron chi connectivity index (χ3n) is 3.78. The van der Waals surface area contributed by atoms with Crippen LogP contribution in [0, 0.1) is 0 Å². The number of rotatable bonds is 7. The van der Waals surface area contributed by atoms with Gasteiger partial charge in [0.25, 0.3) is 0 Å². The molecule has 1 aromatic rings. The van der Waals surface area contributed by atoms with E-state index in [9.17, 15) is 4.79 Å². The van der Waals surface area contributed by atoms with E-state index in [0.717, 1.165) is 26.1 Å². The summed E-state index contributed by atoms with van der Waals surface area (Å²) < 4.78 is 0. The van der Waals surface area contributed by atoms with Gasteiger partial charge < -0.3 is 16.0 Å². The summed E-state index contributed by atoms with van der Waals surface area (Å²) >= 11 is 0. The van der Waals surface area contributed by atoms with Crippen molar-refractivity contribution in [3.8, 4) is 0 Å². The number of carbonyl (C=O) groups excluding carboxylic acids is 1. The Morgan fingerprint density at radius 2 is 1.95 bits per heavy atom. The van der Waals surface area contributed by atoms with Gasteiger partial charge in [-0.1, -0.05) is 30.3 Å². The molecule has 3 N–H and O–H groups in total. The maximum atomic E-state index is 12.0. The average molecular weight is 275 g/mol. The first kappa shape index (κ1) is 15.0. The third kappa shape index (κ3) is 4.62. The van der Waals surface area contributed by atoms with Gasteiger partial charge in [-0.2, -0.15) is 0 Å². The first-order valence-electron chi connectivity index (χ1n) is 7.56. The van der Waals surface area contributed by atoms with Gasteiger partial charge in [0.2, 0.25) is 5.91 Å². The number of nitrogens with zero attached hydrogens (tertiary/aromatic N) is 1. The van der Waals surface area contributed by atoms with Crippen LogP contribution in [-0.2, 0) is 4.79 Å². The fraction of sp³-hybridized carbons (Fsp3) is 0.562. The summed E-state index contributed by atoms with van der Waals surface area (Å²) in [6.07, 6.45) is 3.79. The molecule has 0 radical (unpaired) electrons. The Bertz CT molecular complexity index is 401. The molecule has 0 bridgehead atoms. The van der Waals surface area contributed by atoms with Crippen LogP contribution in [0.3, 0.4) is 0 Å². The van der Waals surface area contributed by atoms with Crippen molar-refractivity contribution in [2.24, 2.45) is 5.73 Å². The fourth-order valence-electron chi connectivity index (χ4n) is 2.67. The lowest BCUT2D eigenvalue weighted by molar-refractivity contribution is -0.122. The van der Waals surface area contributed by atoms with Gasteiger partial charge in [-0.3, -0.25) is 4.79 Å². The number of benzene rings is 1. The van der Waals surface area contributed by atoms with E-state index >= 15 is 0 Å². The number of nitrogens with one attached hydrogen (secondary N) is 1. The smallest absolute Gasteiger partial charge is 0.220 e. The summed E-state index contributed by atoms with van der Waals surface area (Å²) in [5.41, 5.74) is 6.64. The van der Waals surface area contributed by atoms with Crippen molar-refractivity contribution in [2.45, 2.75) is 31.7 Å². The van der Waals surface area contributed by atoms with Crippen molar-refractivity contribution >= 4 is 5.91 Å². The zero-order valence-electron chi connectivity index (χ0n) is 12.1. The highest BCUT2D eigenvalue weighted by Crippen LogP contribution is 2.17. The molecule has 4 nitrogen and oxygen atoms in total. The molecule has 4 heteroatoms. The zero-order chi connectivity index (χ0) is 14.2. The Morgan fingerprint density at radius 1 is 1.25 bits per heavy atom. The van der Waals surface area contributed by atoms with Crippen molar-refractivity contribution < 1.29 is 4.79 Å². The van der Waals surface area contributed by atoms with E-state index in [1.54, 1.807) is 0 Å². The second-order valence-corrected chi connectivity index (χ2v) is 5.43. The molecule has 2 rings (SSSR count). The Kier molecular flexibility index (Phi) is 6.02. The summed E-state index contributed by atoms with van der Waals surface area (Å²) in [5, 5.41) is 3.16. The lowest BCUT2D eigenvalue weighted by Crippen LogP contribution is -2.37. The van der Waals surface area contributed by atoms with Crippen LogP contribution in [0.5, 0.6) is 0 Å². The van der Waals surface area contributed by atoms with Crippen LogP contribution >= 0.6 is 0 Å². The number of carbonyl (C=O) groups is 1. The maximum absolute atomic E-state index is 12.0. The highest BCUT2D eigenvalue weighted by molar-refractivity contribution is 5.76. The highest BCUT2D eigenvalue weighted by atomic mass is 16.1. The maximum Gasteiger partial charge on any atom is 0.220 e. The lowest BCUT2D eigenvalue weighted by atomic mass is 10.1. The zero-order valence-corrected chi connectivity index (χ0v) is 12.1. The molecule has 1 amide bonds. The highest BCUT2D eigenvalue weighted by Gasteiger charge is 2.20. The Hall–Kier alpha value is -1.39. The number of hydrogen-bond donors (Lipinski definition) is 2. The van der Waals surface area contributed by atoms with Crippen molar-refractivity contribution in [3.05, 3.63) is 35.9 Å². The molecular weight excluding hydrogens is 250 g/mol. The fourth-order valence-corrected chi connectivity index (χ4v) is 2.67.